The molecule has 0 amide bonds. The van der Waals surface area contributed by atoms with Crippen LogP contribution < -0.4 is 10.5 Å². The molecule has 2 aromatic carbocycles. The van der Waals surface area contributed by atoms with Crippen molar-refractivity contribution in [2.24, 2.45) is 0 Å². The standard InChI is InChI=1S/C15H16BrNO/c1-10-5-3-8-15(11(10)2)18-9-12-13(16)6-4-7-14(12)17/h3-8H,9,17H2,1-2H3. The predicted molar refractivity (Wildman–Crippen MR) is 78.8 cm³/mol. The van der Waals surface area contributed by atoms with E-state index < -0.39 is 0 Å². The zero-order valence-corrected chi connectivity index (χ0v) is 12.1. The van der Waals surface area contributed by atoms with E-state index >= 15 is 0 Å². The van der Waals surface area contributed by atoms with Crippen LogP contribution in [0, 0.1) is 13.8 Å². The van der Waals surface area contributed by atoms with Crippen LogP contribution in [0.15, 0.2) is 40.9 Å². The minimum Gasteiger partial charge on any atom is -0.489 e. The maximum Gasteiger partial charge on any atom is 0.122 e. The van der Waals surface area contributed by atoms with E-state index in [1.54, 1.807) is 0 Å². The minimum atomic E-state index is 0.470. The fourth-order valence-electron chi connectivity index (χ4n) is 1.76. The monoisotopic (exact) mass is 305 g/mol. The molecule has 0 saturated carbocycles. The van der Waals surface area contributed by atoms with Crippen LogP contribution in [0.3, 0.4) is 0 Å². The van der Waals surface area contributed by atoms with E-state index in [9.17, 15) is 0 Å². The van der Waals surface area contributed by atoms with E-state index in [-0.39, 0.29) is 0 Å². The Hall–Kier alpha value is -1.48. The summed E-state index contributed by atoms with van der Waals surface area (Å²) >= 11 is 3.49. The number of halogens is 1. The maximum absolute atomic E-state index is 5.94. The van der Waals surface area contributed by atoms with E-state index in [4.69, 9.17) is 10.5 Å². The lowest BCUT2D eigenvalue weighted by atomic mass is 10.1. The number of aryl methyl sites for hydroxylation is 1. The van der Waals surface area contributed by atoms with Crippen molar-refractivity contribution in [1.29, 1.82) is 0 Å². The van der Waals surface area contributed by atoms with E-state index in [0.717, 1.165) is 21.5 Å². The van der Waals surface area contributed by atoms with E-state index in [1.807, 2.05) is 30.3 Å². The van der Waals surface area contributed by atoms with Crippen LogP contribution in [0.2, 0.25) is 0 Å². The van der Waals surface area contributed by atoms with Gasteiger partial charge in [0.1, 0.15) is 12.4 Å². The third-order valence-corrected chi connectivity index (χ3v) is 3.82. The number of ether oxygens (including phenoxy) is 1. The highest BCUT2D eigenvalue weighted by Crippen LogP contribution is 2.26. The summed E-state index contributed by atoms with van der Waals surface area (Å²) in [4.78, 5) is 0. The van der Waals surface area contributed by atoms with Crippen LogP contribution in [-0.4, -0.2) is 0 Å². The number of benzene rings is 2. The Bertz CT molecular complexity index is 546. The van der Waals surface area contributed by atoms with Crippen LogP contribution in [0.25, 0.3) is 0 Å². The van der Waals surface area contributed by atoms with Gasteiger partial charge in [-0.05, 0) is 43.2 Å². The lowest BCUT2D eigenvalue weighted by molar-refractivity contribution is 0.304. The first-order valence-electron chi connectivity index (χ1n) is 5.81. The van der Waals surface area contributed by atoms with Gasteiger partial charge in [0.25, 0.3) is 0 Å². The van der Waals surface area contributed by atoms with Gasteiger partial charge in [0, 0.05) is 15.7 Å². The predicted octanol–water partition coefficient (Wildman–Crippen LogP) is 4.23. The van der Waals surface area contributed by atoms with Crippen molar-refractivity contribution in [3.63, 3.8) is 0 Å². The Morgan fingerprint density at radius 2 is 1.83 bits per heavy atom. The molecule has 2 N–H and O–H groups in total. The zero-order valence-electron chi connectivity index (χ0n) is 10.5. The van der Waals surface area contributed by atoms with E-state index in [2.05, 4.69) is 35.8 Å². The number of nitrogens with two attached hydrogens (primary N) is 1. The van der Waals surface area contributed by atoms with Gasteiger partial charge in [-0.2, -0.15) is 0 Å². The molecule has 0 saturated heterocycles. The highest BCUT2D eigenvalue weighted by Gasteiger charge is 2.07. The highest BCUT2D eigenvalue weighted by atomic mass is 79.9. The fourth-order valence-corrected chi connectivity index (χ4v) is 2.25. The number of nitrogen functional groups attached to an aromatic ring is 1. The van der Waals surface area contributed by atoms with Crippen molar-refractivity contribution in [3.05, 3.63) is 57.6 Å². The van der Waals surface area contributed by atoms with Crippen molar-refractivity contribution in [3.8, 4) is 5.75 Å². The van der Waals surface area contributed by atoms with Gasteiger partial charge in [0.2, 0.25) is 0 Å². The first-order chi connectivity index (χ1) is 8.59. The molecule has 2 rings (SSSR count). The first kappa shape index (κ1) is 13.0. The van der Waals surface area contributed by atoms with Crippen LogP contribution >= 0.6 is 15.9 Å². The largest absolute Gasteiger partial charge is 0.489 e. The molecule has 94 valence electrons. The van der Waals surface area contributed by atoms with Gasteiger partial charge >= 0.3 is 0 Å². The minimum absolute atomic E-state index is 0.470. The van der Waals surface area contributed by atoms with E-state index in [0.29, 0.717) is 6.61 Å². The molecule has 0 unspecified atom stereocenters. The smallest absolute Gasteiger partial charge is 0.122 e. The molecule has 0 bridgehead atoms. The van der Waals surface area contributed by atoms with Crippen molar-refractivity contribution in [1.82, 2.24) is 0 Å². The van der Waals surface area contributed by atoms with Crippen molar-refractivity contribution in [2.45, 2.75) is 20.5 Å². The third kappa shape index (κ3) is 2.67. The molecule has 2 nitrogen and oxygen atoms in total. The molecule has 0 atom stereocenters. The summed E-state index contributed by atoms with van der Waals surface area (Å²) in [5.41, 5.74) is 10.1. The van der Waals surface area contributed by atoms with Gasteiger partial charge in [0.05, 0.1) is 0 Å². The number of hydrogen-bond donors (Lipinski definition) is 1. The lowest BCUT2D eigenvalue weighted by Crippen LogP contribution is -2.02. The lowest BCUT2D eigenvalue weighted by Gasteiger charge is -2.13. The summed E-state index contributed by atoms with van der Waals surface area (Å²) < 4.78 is 6.83. The molecule has 0 fully saturated rings. The van der Waals surface area contributed by atoms with Gasteiger partial charge in [-0.15, -0.1) is 0 Å². The summed E-state index contributed by atoms with van der Waals surface area (Å²) in [6.45, 7) is 4.61. The second-order valence-corrected chi connectivity index (χ2v) is 5.15. The highest BCUT2D eigenvalue weighted by molar-refractivity contribution is 9.10. The van der Waals surface area contributed by atoms with Crippen molar-refractivity contribution in [2.75, 3.05) is 5.73 Å². The Morgan fingerprint density at radius 3 is 2.56 bits per heavy atom. The summed E-state index contributed by atoms with van der Waals surface area (Å²) in [5, 5.41) is 0. The van der Waals surface area contributed by atoms with Gasteiger partial charge in [-0.25, -0.2) is 0 Å². The number of hydrogen-bond acceptors (Lipinski definition) is 2. The van der Waals surface area contributed by atoms with Gasteiger partial charge in [-0.3, -0.25) is 0 Å². The Labute approximate surface area is 116 Å². The van der Waals surface area contributed by atoms with Gasteiger partial charge in [-0.1, -0.05) is 34.1 Å². The summed E-state index contributed by atoms with van der Waals surface area (Å²) in [6.07, 6.45) is 0. The average molecular weight is 306 g/mol. The second-order valence-electron chi connectivity index (χ2n) is 4.29. The molecule has 0 aromatic heterocycles. The van der Waals surface area contributed by atoms with Crippen LogP contribution in [0.1, 0.15) is 16.7 Å². The maximum atomic E-state index is 5.94. The Kier molecular flexibility index (Phi) is 3.92. The van der Waals surface area contributed by atoms with Crippen LogP contribution in [0.5, 0.6) is 5.75 Å². The first-order valence-corrected chi connectivity index (χ1v) is 6.61. The average Bonchev–Trinajstić information content (AvgIpc) is 2.33. The zero-order chi connectivity index (χ0) is 13.1. The molecule has 0 aliphatic rings. The summed E-state index contributed by atoms with van der Waals surface area (Å²) in [6, 6.07) is 11.8. The molecule has 2 aromatic rings. The molecule has 3 heteroatoms. The van der Waals surface area contributed by atoms with Crippen LogP contribution in [-0.2, 0) is 6.61 Å². The van der Waals surface area contributed by atoms with Gasteiger partial charge in [0.15, 0.2) is 0 Å². The van der Waals surface area contributed by atoms with Crippen molar-refractivity contribution >= 4 is 21.6 Å². The normalized spacial score (nSPS) is 10.4. The molecule has 18 heavy (non-hydrogen) atoms. The SMILES string of the molecule is Cc1cccc(OCc2c(N)cccc2Br)c1C. The molecule has 0 aliphatic heterocycles. The molecule has 0 radical (unpaired) electrons. The molecule has 0 aliphatic carbocycles. The van der Waals surface area contributed by atoms with Crippen molar-refractivity contribution < 1.29 is 4.74 Å². The topological polar surface area (TPSA) is 35.2 Å². The van der Waals surface area contributed by atoms with E-state index in [1.165, 1.54) is 11.1 Å². The quantitative estimate of drug-likeness (QED) is 0.861. The molecular weight excluding hydrogens is 290 g/mol. The fraction of sp³-hybridized carbons (Fsp3) is 0.200. The second kappa shape index (κ2) is 5.44. The molecular formula is C15H16BrNO. The third-order valence-electron chi connectivity index (χ3n) is 3.08. The Balaban J connectivity index is 2.19. The Morgan fingerprint density at radius 1 is 1.11 bits per heavy atom. The molecule has 0 heterocycles. The summed E-state index contributed by atoms with van der Waals surface area (Å²) in [7, 11) is 0. The number of rotatable bonds is 3. The van der Waals surface area contributed by atoms with Crippen LogP contribution in [0.4, 0.5) is 5.69 Å². The van der Waals surface area contributed by atoms with Gasteiger partial charge < -0.3 is 10.5 Å². The summed E-state index contributed by atoms with van der Waals surface area (Å²) in [5.74, 6) is 0.908. The molecule has 0 spiro atoms. The number of anilines is 1.